The van der Waals surface area contributed by atoms with Crippen LogP contribution in [0.25, 0.3) is 0 Å². The molecule has 0 heterocycles. The van der Waals surface area contributed by atoms with Crippen LogP contribution in [0, 0.1) is 0 Å². The fourth-order valence-corrected chi connectivity index (χ4v) is 4.00. The third kappa shape index (κ3) is 8.67. The maximum atomic E-state index is 12.5. The fraction of sp³-hybridized carbons (Fsp3) is 0.556. The van der Waals surface area contributed by atoms with Gasteiger partial charge in [-0.05, 0) is 44.2 Å². The van der Waals surface area contributed by atoms with Crippen molar-refractivity contribution in [1.29, 1.82) is 0 Å². The van der Waals surface area contributed by atoms with Gasteiger partial charge < -0.3 is 21.1 Å². The van der Waals surface area contributed by atoms with Crippen LogP contribution in [0.3, 0.4) is 0 Å². The van der Waals surface area contributed by atoms with Crippen LogP contribution in [0.5, 0.6) is 0 Å². The molecule has 1 aromatic carbocycles. The molecule has 0 aliphatic heterocycles. The molecule has 0 aliphatic carbocycles. The van der Waals surface area contributed by atoms with Gasteiger partial charge in [0.25, 0.3) is 0 Å². The highest BCUT2D eigenvalue weighted by molar-refractivity contribution is 7.53. The van der Waals surface area contributed by atoms with Gasteiger partial charge in [-0.2, -0.15) is 0 Å². The summed E-state index contributed by atoms with van der Waals surface area (Å²) in [5.41, 5.74) is 6.35. The molecule has 0 saturated carbocycles. The minimum absolute atomic E-state index is 0.0788. The van der Waals surface area contributed by atoms with E-state index in [9.17, 15) is 24.2 Å². The summed E-state index contributed by atoms with van der Waals surface area (Å²) in [6, 6.07) is 9.40. The number of unbranched alkanes of at least 4 members (excludes halogenated alkanes) is 1. The van der Waals surface area contributed by atoms with Gasteiger partial charge in [0.15, 0.2) is 6.10 Å². The van der Waals surface area contributed by atoms with Crippen molar-refractivity contribution in [2.75, 3.05) is 6.54 Å². The Hall–Kier alpha value is -1.73. The molecule has 9 heteroatoms. The average molecular weight is 400 g/mol. The summed E-state index contributed by atoms with van der Waals surface area (Å²) in [5, 5.41) is 11.7. The lowest BCUT2D eigenvalue weighted by molar-refractivity contribution is -0.145. The molecular formula is C18H29N2O6P. The number of nitrogens with two attached hydrogens (primary N) is 1. The lowest BCUT2D eigenvalue weighted by Gasteiger charge is -2.25. The normalized spacial score (nSPS) is 15.5. The number of aliphatic carboxylic acids is 1. The Bertz CT molecular complexity index is 640. The number of aryl methyl sites for hydroxylation is 1. The highest BCUT2D eigenvalue weighted by Crippen LogP contribution is 2.49. The van der Waals surface area contributed by atoms with Gasteiger partial charge in [-0.3, -0.25) is 13.9 Å². The Morgan fingerprint density at radius 3 is 2.48 bits per heavy atom. The molecular weight excluding hydrogens is 371 g/mol. The zero-order chi connectivity index (χ0) is 20.3. The van der Waals surface area contributed by atoms with Crippen LogP contribution in [0.2, 0.25) is 0 Å². The van der Waals surface area contributed by atoms with E-state index in [2.05, 4.69) is 5.32 Å². The largest absolute Gasteiger partial charge is 0.479 e. The van der Waals surface area contributed by atoms with E-state index in [0.29, 0.717) is 25.8 Å². The maximum Gasteiger partial charge on any atom is 0.351 e. The Labute approximate surface area is 159 Å². The molecule has 0 aliphatic rings. The Balaban J connectivity index is 2.63. The van der Waals surface area contributed by atoms with Crippen LogP contribution in [-0.2, 0) is 25.1 Å². The number of carbonyl (C=O) groups excluding carboxylic acids is 1. The molecule has 152 valence electrons. The zero-order valence-electron chi connectivity index (χ0n) is 15.5. The second kappa shape index (κ2) is 11.9. The van der Waals surface area contributed by atoms with Crippen LogP contribution >= 0.6 is 7.60 Å². The summed E-state index contributed by atoms with van der Waals surface area (Å²) in [5.74, 6) is -2.86. The summed E-state index contributed by atoms with van der Waals surface area (Å²) in [6.45, 7) is 2.02. The first-order valence-electron chi connectivity index (χ1n) is 9.07. The van der Waals surface area contributed by atoms with Gasteiger partial charge in [-0.1, -0.05) is 37.3 Å². The molecule has 3 unspecified atom stereocenters. The molecule has 1 aromatic rings. The van der Waals surface area contributed by atoms with Crippen molar-refractivity contribution in [3.05, 3.63) is 35.9 Å². The first-order chi connectivity index (χ1) is 12.8. The fourth-order valence-electron chi connectivity index (χ4n) is 2.53. The third-order valence-electron chi connectivity index (χ3n) is 4.07. The number of nitrogens with one attached hydrogen (secondary N) is 1. The van der Waals surface area contributed by atoms with Gasteiger partial charge in [0.05, 0.1) is 0 Å². The Morgan fingerprint density at radius 2 is 1.93 bits per heavy atom. The predicted molar refractivity (Wildman–Crippen MR) is 102 cm³/mol. The Kier molecular flexibility index (Phi) is 10.3. The molecule has 5 N–H and O–H groups in total. The van der Waals surface area contributed by atoms with Gasteiger partial charge in [-0.15, -0.1) is 0 Å². The van der Waals surface area contributed by atoms with Gasteiger partial charge in [0, 0.05) is 6.42 Å². The molecule has 1 amide bonds. The number of carboxylic acids is 1. The number of rotatable bonds is 13. The van der Waals surface area contributed by atoms with E-state index < -0.39 is 31.4 Å². The van der Waals surface area contributed by atoms with Crippen LogP contribution in [-0.4, -0.2) is 40.3 Å². The molecule has 0 radical (unpaired) electrons. The number of carbonyl (C=O) groups is 2. The van der Waals surface area contributed by atoms with E-state index in [-0.39, 0.29) is 19.3 Å². The maximum absolute atomic E-state index is 12.5. The molecule has 3 atom stereocenters. The van der Waals surface area contributed by atoms with Crippen LogP contribution in [0.4, 0.5) is 0 Å². The van der Waals surface area contributed by atoms with Crippen LogP contribution in [0.15, 0.2) is 30.3 Å². The monoisotopic (exact) mass is 400 g/mol. The number of benzene rings is 1. The highest BCUT2D eigenvalue weighted by Gasteiger charge is 2.37. The molecule has 1 rings (SSSR count). The van der Waals surface area contributed by atoms with E-state index in [0.717, 1.165) is 5.56 Å². The summed E-state index contributed by atoms with van der Waals surface area (Å²) in [7, 11) is -4.35. The van der Waals surface area contributed by atoms with Crippen LogP contribution in [0.1, 0.15) is 44.6 Å². The second-order valence-electron chi connectivity index (χ2n) is 6.26. The second-order valence-corrected chi connectivity index (χ2v) is 8.22. The van der Waals surface area contributed by atoms with Crippen molar-refractivity contribution in [2.24, 2.45) is 5.73 Å². The molecule has 0 bridgehead atoms. The van der Waals surface area contributed by atoms with Crippen molar-refractivity contribution >= 4 is 19.5 Å². The van der Waals surface area contributed by atoms with Crippen LogP contribution < -0.4 is 11.1 Å². The molecule has 0 spiro atoms. The summed E-state index contributed by atoms with van der Waals surface area (Å²) < 4.78 is 17.6. The van der Waals surface area contributed by atoms with Crippen molar-refractivity contribution in [3.63, 3.8) is 0 Å². The molecule has 0 aromatic heterocycles. The van der Waals surface area contributed by atoms with Crippen molar-refractivity contribution < 1.29 is 28.7 Å². The van der Waals surface area contributed by atoms with Crippen molar-refractivity contribution in [3.8, 4) is 0 Å². The quantitative estimate of drug-likeness (QED) is 0.294. The highest BCUT2D eigenvalue weighted by atomic mass is 31.2. The molecule has 8 nitrogen and oxygen atoms in total. The third-order valence-corrected chi connectivity index (χ3v) is 5.90. The zero-order valence-corrected chi connectivity index (χ0v) is 16.4. The van der Waals surface area contributed by atoms with E-state index in [4.69, 9.17) is 10.3 Å². The summed E-state index contributed by atoms with van der Waals surface area (Å²) in [4.78, 5) is 33.6. The standard InChI is InChI=1S/C18H29N2O6P/c1-2-17(20-16(21)12-11-14-8-4-3-5-9-14)27(24,25)26-15(18(22)23)10-6-7-13-19/h3-5,8-9,15,17H,2,6-7,10-13,19H2,1H3,(H,20,21)(H,22,23)(H,24,25). The van der Waals surface area contributed by atoms with Crippen molar-refractivity contribution in [2.45, 2.75) is 57.3 Å². The first-order valence-corrected chi connectivity index (χ1v) is 10.7. The lowest BCUT2D eigenvalue weighted by Crippen LogP contribution is -2.36. The van der Waals surface area contributed by atoms with Gasteiger partial charge in [-0.25, -0.2) is 4.79 Å². The van der Waals surface area contributed by atoms with Crippen molar-refractivity contribution in [1.82, 2.24) is 5.32 Å². The smallest absolute Gasteiger partial charge is 0.351 e. The molecule has 27 heavy (non-hydrogen) atoms. The van der Waals surface area contributed by atoms with E-state index >= 15 is 0 Å². The number of carboxylic acid groups (broad SMARTS) is 1. The topological polar surface area (TPSA) is 139 Å². The minimum atomic E-state index is -4.35. The van der Waals surface area contributed by atoms with E-state index in [1.165, 1.54) is 0 Å². The minimum Gasteiger partial charge on any atom is -0.479 e. The first kappa shape index (κ1) is 23.3. The van der Waals surface area contributed by atoms with Gasteiger partial charge >= 0.3 is 13.6 Å². The Morgan fingerprint density at radius 1 is 1.26 bits per heavy atom. The lowest BCUT2D eigenvalue weighted by atomic mass is 10.1. The molecule has 0 fully saturated rings. The number of hydrogen-bond acceptors (Lipinski definition) is 5. The molecule has 0 saturated heterocycles. The predicted octanol–water partition coefficient (Wildman–Crippen LogP) is 2.26. The number of amides is 1. The average Bonchev–Trinajstić information content (AvgIpc) is 2.64. The van der Waals surface area contributed by atoms with Gasteiger partial charge in [0.2, 0.25) is 5.91 Å². The summed E-state index contributed by atoms with van der Waals surface area (Å²) >= 11 is 0. The SMILES string of the molecule is CCC(NC(=O)CCc1ccccc1)P(=O)(O)OC(CCCCN)C(=O)O. The number of hydrogen-bond donors (Lipinski definition) is 4. The van der Waals surface area contributed by atoms with Gasteiger partial charge in [0.1, 0.15) is 5.78 Å². The van der Waals surface area contributed by atoms with E-state index in [1.807, 2.05) is 30.3 Å². The summed E-state index contributed by atoms with van der Waals surface area (Å²) in [6.07, 6.45) is 0.512. The van der Waals surface area contributed by atoms with E-state index in [1.54, 1.807) is 6.92 Å².